The average molecular weight is 516 g/mol. The van der Waals surface area contributed by atoms with E-state index in [0.29, 0.717) is 24.4 Å². The fraction of sp³-hybridized carbons (Fsp3) is 0.300. The second-order valence-corrected chi connectivity index (χ2v) is 10.8. The van der Waals surface area contributed by atoms with Crippen LogP contribution in [0.15, 0.2) is 60.8 Å². The number of nitrogens with zero attached hydrogens (tertiary/aromatic N) is 2. The smallest absolute Gasteiger partial charge is 0.322 e. The van der Waals surface area contributed by atoms with Crippen molar-refractivity contribution in [2.45, 2.75) is 52.1 Å². The van der Waals surface area contributed by atoms with Crippen molar-refractivity contribution in [3.05, 3.63) is 99.4 Å². The van der Waals surface area contributed by atoms with Gasteiger partial charge in [-0.15, -0.1) is 11.3 Å². The lowest BCUT2D eigenvalue weighted by Crippen LogP contribution is -2.38. The summed E-state index contributed by atoms with van der Waals surface area (Å²) in [7, 11) is 0. The molecule has 1 aliphatic carbocycles. The molecular formula is C30H30FN3O2S. The first-order valence-corrected chi connectivity index (χ1v) is 13.7. The number of hydrogen-bond acceptors (Lipinski definition) is 3. The molecule has 2 aromatic carbocycles. The van der Waals surface area contributed by atoms with E-state index in [1.54, 1.807) is 19.1 Å². The molecule has 0 spiro atoms. The molecule has 0 unspecified atom stereocenters. The van der Waals surface area contributed by atoms with E-state index >= 15 is 0 Å². The Morgan fingerprint density at radius 2 is 1.92 bits per heavy atom. The molecule has 1 N–H and O–H groups in total. The molecule has 0 bridgehead atoms. The van der Waals surface area contributed by atoms with Crippen LogP contribution in [0.3, 0.4) is 0 Å². The maximum Gasteiger partial charge on any atom is 0.322 e. The Bertz CT molecular complexity index is 1460. The van der Waals surface area contributed by atoms with E-state index in [1.165, 1.54) is 39.9 Å². The Kier molecular flexibility index (Phi) is 6.24. The standard InChI is InChI=1S/C30H30FN3O2S/c1-3-36-22-14-11-20(12-15-22)28-26-8-6-16-33(26)29-24(23-7-4-5-9-27(23)37-29)18-34(28)30(35)32-21-13-10-19(2)25(31)17-21/h6,8,10-17,28H,3-5,7,9,18H2,1-2H3,(H,32,35)/t28-/m1/s1. The zero-order valence-corrected chi connectivity index (χ0v) is 21.9. The number of aromatic nitrogens is 1. The maximum atomic E-state index is 14.3. The quantitative estimate of drug-likeness (QED) is 0.308. The highest BCUT2D eigenvalue weighted by atomic mass is 32.1. The van der Waals surface area contributed by atoms with E-state index in [-0.39, 0.29) is 17.9 Å². The van der Waals surface area contributed by atoms with Gasteiger partial charge in [-0.3, -0.25) is 0 Å². The van der Waals surface area contributed by atoms with Crippen molar-refractivity contribution in [3.63, 3.8) is 0 Å². The average Bonchev–Trinajstić information content (AvgIpc) is 3.49. The van der Waals surface area contributed by atoms with Crippen LogP contribution in [0.2, 0.25) is 0 Å². The predicted molar refractivity (Wildman–Crippen MR) is 145 cm³/mol. The molecule has 1 atom stereocenters. The van der Waals surface area contributed by atoms with Crippen LogP contribution in [0.4, 0.5) is 14.9 Å². The molecule has 1 aliphatic heterocycles. The number of anilines is 1. The van der Waals surface area contributed by atoms with Gasteiger partial charge in [0.2, 0.25) is 0 Å². The number of nitrogens with one attached hydrogen (secondary N) is 1. The van der Waals surface area contributed by atoms with Gasteiger partial charge >= 0.3 is 6.03 Å². The van der Waals surface area contributed by atoms with Gasteiger partial charge in [0.25, 0.3) is 0 Å². The van der Waals surface area contributed by atoms with Gasteiger partial charge in [-0.2, -0.15) is 0 Å². The molecule has 0 radical (unpaired) electrons. The third kappa shape index (κ3) is 4.31. The van der Waals surface area contributed by atoms with Gasteiger partial charge < -0.3 is 19.5 Å². The van der Waals surface area contributed by atoms with Crippen molar-refractivity contribution in [2.24, 2.45) is 0 Å². The van der Waals surface area contributed by atoms with Crippen LogP contribution >= 0.6 is 11.3 Å². The molecule has 2 aromatic heterocycles. The van der Waals surface area contributed by atoms with Crippen molar-refractivity contribution in [1.82, 2.24) is 9.47 Å². The SMILES string of the molecule is CCOc1ccc([C@@H]2c3cccn3-c3sc4c(c3CN2C(=O)Nc2ccc(C)c(F)c2)CCCC4)cc1. The van der Waals surface area contributed by atoms with E-state index in [2.05, 4.69) is 28.2 Å². The summed E-state index contributed by atoms with van der Waals surface area (Å²) >= 11 is 1.86. The molecule has 0 saturated heterocycles. The Hall–Kier alpha value is -3.58. The minimum Gasteiger partial charge on any atom is -0.494 e. The van der Waals surface area contributed by atoms with Crippen LogP contribution in [0.25, 0.3) is 5.00 Å². The number of halogens is 1. The summed E-state index contributed by atoms with van der Waals surface area (Å²) in [5.41, 5.74) is 5.66. The number of hydrogen-bond donors (Lipinski definition) is 1. The number of benzene rings is 2. The summed E-state index contributed by atoms with van der Waals surface area (Å²) in [5, 5.41) is 4.19. The first kappa shape index (κ1) is 23.8. The zero-order valence-electron chi connectivity index (χ0n) is 21.1. The Morgan fingerprint density at radius 1 is 1.11 bits per heavy atom. The molecule has 2 aliphatic rings. The van der Waals surface area contributed by atoms with Gasteiger partial charge in [-0.25, -0.2) is 9.18 Å². The molecular weight excluding hydrogens is 485 g/mol. The topological polar surface area (TPSA) is 46.5 Å². The van der Waals surface area contributed by atoms with Crippen molar-refractivity contribution < 1.29 is 13.9 Å². The third-order valence-electron chi connectivity index (χ3n) is 7.37. The number of amides is 2. The summed E-state index contributed by atoms with van der Waals surface area (Å²) in [6.07, 6.45) is 6.63. The minimum absolute atomic E-state index is 0.251. The molecule has 0 fully saturated rings. The minimum atomic E-state index is -0.334. The number of carbonyl (C=O) groups is 1. The summed E-state index contributed by atoms with van der Waals surface area (Å²) in [4.78, 5) is 17.3. The lowest BCUT2D eigenvalue weighted by Gasteiger charge is -2.31. The zero-order chi connectivity index (χ0) is 25.5. The van der Waals surface area contributed by atoms with E-state index in [9.17, 15) is 9.18 Å². The van der Waals surface area contributed by atoms with Crippen LogP contribution in [0, 0.1) is 12.7 Å². The van der Waals surface area contributed by atoms with Gasteiger partial charge in [0.05, 0.1) is 24.9 Å². The van der Waals surface area contributed by atoms with Gasteiger partial charge in [0.15, 0.2) is 0 Å². The van der Waals surface area contributed by atoms with Crippen molar-refractivity contribution in [3.8, 4) is 10.8 Å². The molecule has 37 heavy (non-hydrogen) atoms. The van der Waals surface area contributed by atoms with Gasteiger partial charge in [-0.05, 0) is 92.6 Å². The first-order chi connectivity index (χ1) is 18.0. The number of rotatable bonds is 4. The van der Waals surface area contributed by atoms with Gasteiger partial charge in [0.1, 0.15) is 16.6 Å². The highest BCUT2D eigenvalue weighted by Gasteiger charge is 2.36. The molecule has 6 rings (SSSR count). The molecule has 190 valence electrons. The second-order valence-electron chi connectivity index (χ2n) is 9.72. The molecule has 7 heteroatoms. The Labute approximate surface area is 220 Å². The van der Waals surface area contributed by atoms with Crippen LogP contribution in [0.5, 0.6) is 5.75 Å². The van der Waals surface area contributed by atoms with Crippen LogP contribution < -0.4 is 10.1 Å². The normalized spacial score (nSPS) is 16.4. The summed E-state index contributed by atoms with van der Waals surface area (Å²) in [5.74, 6) is 0.467. The first-order valence-electron chi connectivity index (χ1n) is 12.9. The lowest BCUT2D eigenvalue weighted by atomic mass is 9.95. The fourth-order valence-corrected chi connectivity index (χ4v) is 6.92. The number of urea groups is 1. The summed E-state index contributed by atoms with van der Waals surface area (Å²) in [6.45, 7) is 4.76. The molecule has 0 saturated carbocycles. The van der Waals surface area contributed by atoms with Crippen molar-refractivity contribution >= 4 is 23.1 Å². The number of fused-ring (bicyclic) bond motifs is 5. The van der Waals surface area contributed by atoms with Gasteiger partial charge in [-0.1, -0.05) is 18.2 Å². The highest BCUT2D eigenvalue weighted by Crippen LogP contribution is 2.44. The Balaban J connectivity index is 1.46. The van der Waals surface area contributed by atoms with Gasteiger partial charge in [0, 0.05) is 22.3 Å². The molecule has 5 nitrogen and oxygen atoms in total. The monoisotopic (exact) mass is 515 g/mol. The second kappa shape index (κ2) is 9.71. The van der Waals surface area contributed by atoms with Crippen LogP contribution in [0.1, 0.15) is 58.6 Å². The van der Waals surface area contributed by atoms with E-state index in [0.717, 1.165) is 29.8 Å². The van der Waals surface area contributed by atoms with Crippen LogP contribution in [-0.2, 0) is 19.4 Å². The molecule has 4 aromatic rings. The number of aryl methyl sites for hydroxylation is 2. The summed E-state index contributed by atoms with van der Waals surface area (Å²) in [6, 6.07) is 16.4. The summed E-state index contributed by atoms with van der Waals surface area (Å²) < 4.78 is 22.2. The van der Waals surface area contributed by atoms with E-state index < -0.39 is 0 Å². The van der Waals surface area contributed by atoms with E-state index in [4.69, 9.17) is 4.74 Å². The fourth-order valence-electron chi connectivity index (χ4n) is 5.52. The number of carbonyl (C=O) groups excluding carboxylic acids is 1. The lowest BCUT2D eigenvalue weighted by molar-refractivity contribution is 0.194. The van der Waals surface area contributed by atoms with E-state index in [1.807, 2.05) is 47.4 Å². The Morgan fingerprint density at radius 3 is 2.70 bits per heavy atom. The van der Waals surface area contributed by atoms with Crippen molar-refractivity contribution in [1.29, 1.82) is 0 Å². The number of ether oxygens (including phenoxy) is 1. The molecule has 3 heterocycles. The van der Waals surface area contributed by atoms with Crippen molar-refractivity contribution in [2.75, 3.05) is 11.9 Å². The maximum absolute atomic E-state index is 14.3. The van der Waals surface area contributed by atoms with Crippen LogP contribution in [-0.4, -0.2) is 22.1 Å². The largest absolute Gasteiger partial charge is 0.494 e. The highest BCUT2D eigenvalue weighted by molar-refractivity contribution is 7.15. The third-order valence-corrected chi connectivity index (χ3v) is 8.70. The number of thiophene rings is 1. The predicted octanol–water partition coefficient (Wildman–Crippen LogP) is 7.40. The molecule has 2 amide bonds.